The molecule has 0 spiro atoms. The molecule has 27 heavy (non-hydrogen) atoms. The van der Waals surface area contributed by atoms with Crippen LogP contribution in [-0.4, -0.2) is 31.0 Å². The molecule has 2 amide bonds. The standard InChI is InChI=1S/C20H30N2O5/c1-3-5-6-7-8-9-18(23)21-22-19(24)15-27-17-12-10-16(11-13-17)20(25)26-14-4-2/h10-13H,3-9,14-15H2,1-2H3,(H,21,23)(H,22,24). The number of esters is 1. The van der Waals surface area contributed by atoms with E-state index in [1.807, 2.05) is 6.92 Å². The zero-order chi connectivity index (χ0) is 19.9. The van der Waals surface area contributed by atoms with Gasteiger partial charge in [0, 0.05) is 6.42 Å². The molecule has 2 N–H and O–H groups in total. The summed E-state index contributed by atoms with van der Waals surface area (Å²) in [6.07, 6.45) is 6.44. The van der Waals surface area contributed by atoms with Gasteiger partial charge in [-0.25, -0.2) is 4.79 Å². The molecule has 0 aliphatic heterocycles. The van der Waals surface area contributed by atoms with Crippen LogP contribution in [0.4, 0.5) is 0 Å². The predicted molar refractivity (Wildman–Crippen MR) is 102 cm³/mol. The van der Waals surface area contributed by atoms with Crippen LogP contribution in [0.5, 0.6) is 5.75 Å². The number of rotatable bonds is 12. The van der Waals surface area contributed by atoms with Crippen molar-refractivity contribution in [3.8, 4) is 5.75 Å². The molecule has 0 aliphatic carbocycles. The molecule has 7 heteroatoms. The summed E-state index contributed by atoms with van der Waals surface area (Å²) in [5, 5.41) is 0. The Balaban J connectivity index is 2.22. The molecule has 1 rings (SSSR count). The van der Waals surface area contributed by atoms with Crippen molar-refractivity contribution in [1.82, 2.24) is 10.9 Å². The molecule has 0 radical (unpaired) electrons. The van der Waals surface area contributed by atoms with E-state index in [1.165, 1.54) is 6.42 Å². The van der Waals surface area contributed by atoms with Gasteiger partial charge in [-0.15, -0.1) is 0 Å². The predicted octanol–water partition coefficient (Wildman–Crippen LogP) is 3.14. The summed E-state index contributed by atoms with van der Waals surface area (Å²) in [7, 11) is 0. The van der Waals surface area contributed by atoms with Crippen molar-refractivity contribution in [3.05, 3.63) is 29.8 Å². The summed E-state index contributed by atoms with van der Waals surface area (Å²) in [6.45, 7) is 4.20. The van der Waals surface area contributed by atoms with Crippen LogP contribution >= 0.6 is 0 Å². The van der Waals surface area contributed by atoms with E-state index in [2.05, 4.69) is 17.8 Å². The number of nitrogens with one attached hydrogen (secondary N) is 2. The van der Waals surface area contributed by atoms with Gasteiger partial charge in [-0.3, -0.25) is 20.4 Å². The molecule has 0 aliphatic rings. The molecule has 0 atom stereocenters. The normalized spacial score (nSPS) is 10.1. The average Bonchev–Trinajstić information content (AvgIpc) is 2.69. The van der Waals surface area contributed by atoms with Gasteiger partial charge in [-0.1, -0.05) is 39.5 Å². The monoisotopic (exact) mass is 378 g/mol. The van der Waals surface area contributed by atoms with E-state index >= 15 is 0 Å². The van der Waals surface area contributed by atoms with E-state index < -0.39 is 11.9 Å². The largest absolute Gasteiger partial charge is 0.484 e. The third-order valence-electron chi connectivity index (χ3n) is 3.75. The number of ether oxygens (including phenoxy) is 2. The number of hydrazine groups is 1. The van der Waals surface area contributed by atoms with Crippen molar-refractivity contribution in [2.75, 3.05) is 13.2 Å². The Hall–Kier alpha value is -2.57. The van der Waals surface area contributed by atoms with Crippen molar-refractivity contribution in [2.24, 2.45) is 0 Å². The number of unbranched alkanes of at least 4 members (excludes halogenated alkanes) is 4. The number of amides is 2. The van der Waals surface area contributed by atoms with E-state index in [0.717, 1.165) is 32.1 Å². The van der Waals surface area contributed by atoms with Crippen LogP contribution in [0, 0.1) is 0 Å². The average molecular weight is 378 g/mol. The van der Waals surface area contributed by atoms with Crippen molar-refractivity contribution in [1.29, 1.82) is 0 Å². The van der Waals surface area contributed by atoms with Crippen LogP contribution in [0.15, 0.2) is 24.3 Å². The molecule has 0 aromatic heterocycles. The first-order chi connectivity index (χ1) is 13.1. The van der Waals surface area contributed by atoms with Gasteiger partial charge in [0.1, 0.15) is 5.75 Å². The molecule has 0 heterocycles. The van der Waals surface area contributed by atoms with Crippen LogP contribution in [0.25, 0.3) is 0 Å². The van der Waals surface area contributed by atoms with Gasteiger partial charge in [0.15, 0.2) is 6.61 Å². The Labute approximate surface area is 160 Å². The van der Waals surface area contributed by atoms with Crippen LogP contribution in [0.2, 0.25) is 0 Å². The molecular weight excluding hydrogens is 348 g/mol. The van der Waals surface area contributed by atoms with Gasteiger partial charge < -0.3 is 9.47 Å². The number of hydrogen-bond donors (Lipinski definition) is 2. The highest BCUT2D eigenvalue weighted by Crippen LogP contribution is 2.13. The first kappa shape index (κ1) is 22.5. The Bertz CT molecular complexity index is 587. The quantitative estimate of drug-likeness (QED) is 0.331. The molecule has 0 fully saturated rings. The van der Waals surface area contributed by atoms with E-state index in [9.17, 15) is 14.4 Å². The lowest BCUT2D eigenvalue weighted by atomic mass is 10.1. The summed E-state index contributed by atoms with van der Waals surface area (Å²) in [5.41, 5.74) is 5.12. The highest BCUT2D eigenvalue weighted by Gasteiger charge is 2.08. The highest BCUT2D eigenvalue weighted by molar-refractivity contribution is 5.89. The van der Waals surface area contributed by atoms with Crippen LogP contribution in [0.3, 0.4) is 0 Å². The maximum absolute atomic E-state index is 11.7. The second-order valence-electron chi connectivity index (χ2n) is 6.21. The van der Waals surface area contributed by atoms with Gasteiger partial charge >= 0.3 is 5.97 Å². The molecule has 1 aromatic rings. The third kappa shape index (κ3) is 10.2. The van der Waals surface area contributed by atoms with Gasteiger partial charge in [0.2, 0.25) is 5.91 Å². The minimum atomic E-state index is -0.458. The maximum Gasteiger partial charge on any atom is 0.338 e. The number of carbonyl (C=O) groups is 3. The molecule has 0 saturated carbocycles. The Morgan fingerprint density at radius 3 is 2.19 bits per heavy atom. The van der Waals surface area contributed by atoms with Gasteiger partial charge in [-0.05, 0) is 37.1 Å². The molecule has 0 unspecified atom stereocenters. The van der Waals surface area contributed by atoms with Gasteiger partial charge in [0.25, 0.3) is 5.91 Å². The second-order valence-corrected chi connectivity index (χ2v) is 6.21. The van der Waals surface area contributed by atoms with E-state index in [-0.39, 0.29) is 12.5 Å². The van der Waals surface area contributed by atoms with Crippen molar-refractivity contribution in [2.45, 2.75) is 58.8 Å². The fourth-order valence-electron chi connectivity index (χ4n) is 2.24. The van der Waals surface area contributed by atoms with Crippen molar-refractivity contribution in [3.63, 3.8) is 0 Å². The third-order valence-corrected chi connectivity index (χ3v) is 3.75. The molecule has 0 bridgehead atoms. The fourth-order valence-corrected chi connectivity index (χ4v) is 2.24. The SMILES string of the molecule is CCCCCCCC(=O)NNC(=O)COc1ccc(C(=O)OCCC)cc1. The first-order valence-electron chi connectivity index (χ1n) is 9.54. The smallest absolute Gasteiger partial charge is 0.338 e. The van der Waals surface area contributed by atoms with E-state index in [0.29, 0.717) is 24.3 Å². The number of hydrogen-bond acceptors (Lipinski definition) is 5. The van der Waals surface area contributed by atoms with Crippen LogP contribution < -0.4 is 15.6 Å². The minimum absolute atomic E-state index is 0.213. The Morgan fingerprint density at radius 1 is 0.852 bits per heavy atom. The molecule has 7 nitrogen and oxygen atoms in total. The van der Waals surface area contributed by atoms with Crippen LogP contribution in [0.1, 0.15) is 69.2 Å². The molecule has 0 saturated heterocycles. The lowest BCUT2D eigenvalue weighted by Gasteiger charge is -2.09. The summed E-state index contributed by atoms with van der Waals surface area (Å²) in [6, 6.07) is 6.33. The minimum Gasteiger partial charge on any atom is -0.484 e. The number of carbonyl (C=O) groups excluding carboxylic acids is 3. The lowest BCUT2D eigenvalue weighted by Crippen LogP contribution is -2.43. The van der Waals surface area contributed by atoms with E-state index in [4.69, 9.17) is 9.47 Å². The zero-order valence-corrected chi connectivity index (χ0v) is 16.2. The fraction of sp³-hybridized carbons (Fsp3) is 0.550. The maximum atomic E-state index is 11.7. The molecule has 150 valence electrons. The van der Waals surface area contributed by atoms with Gasteiger partial charge in [0.05, 0.1) is 12.2 Å². The summed E-state index contributed by atoms with van der Waals surface area (Å²) < 4.78 is 10.4. The summed E-state index contributed by atoms with van der Waals surface area (Å²) in [4.78, 5) is 35.0. The molecule has 1 aromatic carbocycles. The number of benzene rings is 1. The van der Waals surface area contributed by atoms with Crippen molar-refractivity contribution >= 4 is 17.8 Å². The van der Waals surface area contributed by atoms with Crippen LogP contribution in [-0.2, 0) is 14.3 Å². The summed E-state index contributed by atoms with van der Waals surface area (Å²) >= 11 is 0. The second kappa shape index (κ2) is 13.6. The molecular formula is C20H30N2O5. The van der Waals surface area contributed by atoms with E-state index in [1.54, 1.807) is 24.3 Å². The summed E-state index contributed by atoms with van der Waals surface area (Å²) in [5.74, 6) is -0.617. The first-order valence-corrected chi connectivity index (χ1v) is 9.54. The topological polar surface area (TPSA) is 93.7 Å². The lowest BCUT2D eigenvalue weighted by molar-refractivity contribution is -0.130. The zero-order valence-electron chi connectivity index (χ0n) is 16.2. The highest BCUT2D eigenvalue weighted by atomic mass is 16.5. The van der Waals surface area contributed by atoms with Gasteiger partial charge in [-0.2, -0.15) is 0 Å². The Morgan fingerprint density at radius 2 is 1.52 bits per heavy atom. The Kier molecular flexibility index (Phi) is 11.3. The van der Waals surface area contributed by atoms with Crippen molar-refractivity contribution < 1.29 is 23.9 Å².